The normalized spacial score (nSPS) is 11.9. The molecule has 4 rings (SSSR count). The van der Waals surface area contributed by atoms with Crippen LogP contribution in [0.5, 0.6) is 0 Å². The first-order valence-corrected chi connectivity index (χ1v) is 6.39. The van der Waals surface area contributed by atoms with Gasteiger partial charge < -0.3 is 4.90 Å². The number of rotatable bonds is 1. The molecule has 92 valence electrons. The summed E-state index contributed by atoms with van der Waals surface area (Å²) in [5.41, 5.74) is 1.25. The molecule has 3 aromatic rings. The maximum Gasteiger partial charge on any atom is 0.0450 e. The molecule has 0 aliphatic carbocycles. The maximum absolute atomic E-state index is 2.12. The summed E-state index contributed by atoms with van der Waals surface area (Å²) < 4.78 is 0. The van der Waals surface area contributed by atoms with Gasteiger partial charge in [-0.2, -0.15) is 0 Å². The van der Waals surface area contributed by atoms with Crippen LogP contribution in [-0.2, 0) is 0 Å². The Bertz CT molecular complexity index is 615. The van der Waals surface area contributed by atoms with E-state index in [0.717, 1.165) is 0 Å². The van der Waals surface area contributed by atoms with Crippen LogP contribution in [0.1, 0.15) is 0 Å². The number of para-hydroxylation sites is 1. The third-order valence-electron chi connectivity index (χ3n) is 3.01. The maximum atomic E-state index is 2.12. The lowest BCUT2D eigenvalue weighted by atomic mass is 10.1. The van der Waals surface area contributed by atoms with E-state index in [0.29, 0.717) is 0 Å². The first-order valence-electron chi connectivity index (χ1n) is 6.39. The largest absolute Gasteiger partial charge is 0.321 e. The molecule has 0 atom stereocenters. The molecule has 0 saturated heterocycles. The first kappa shape index (κ1) is 11.5. The standard InChI is InChI=1S/C10H8.C8H7N/c1-2-6-10-8-4-3-7-9(10)5-1;1-2-4-8(5-3-1)9-6-7-9/h1-8H;1-7H. The molecule has 1 heterocycles. The Kier molecular flexibility index (Phi) is 3.28. The Labute approximate surface area is 113 Å². The molecule has 0 saturated carbocycles. The van der Waals surface area contributed by atoms with Gasteiger partial charge in [0.05, 0.1) is 0 Å². The zero-order valence-electron chi connectivity index (χ0n) is 10.6. The topological polar surface area (TPSA) is 3.01 Å². The summed E-state index contributed by atoms with van der Waals surface area (Å²) in [5, 5.41) is 2.62. The molecule has 1 aliphatic rings. The SMILES string of the molecule is C1=CN1c1ccccc1.c1ccc2ccccc2c1. The van der Waals surface area contributed by atoms with E-state index in [2.05, 4.69) is 65.6 Å². The lowest BCUT2D eigenvalue weighted by Gasteiger charge is -1.98. The minimum absolute atomic E-state index is 1.25. The van der Waals surface area contributed by atoms with Crippen LogP contribution in [-0.4, -0.2) is 0 Å². The van der Waals surface area contributed by atoms with Gasteiger partial charge >= 0.3 is 0 Å². The van der Waals surface area contributed by atoms with Crippen molar-refractivity contribution in [3.8, 4) is 0 Å². The van der Waals surface area contributed by atoms with E-state index < -0.39 is 0 Å². The molecule has 0 bridgehead atoms. The van der Waals surface area contributed by atoms with Gasteiger partial charge in [0.25, 0.3) is 0 Å². The number of nitrogens with zero attached hydrogens (tertiary/aromatic N) is 1. The van der Waals surface area contributed by atoms with Crippen molar-refractivity contribution in [2.75, 3.05) is 4.90 Å². The van der Waals surface area contributed by atoms with Gasteiger partial charge in [-0.15, -0.1) is 0 Å². The molecule has 0 aromatic heterocycles. The zero-order chi connectivity index (χ0) is 12.9. The number of hydrogen-bond donors (Lipinski definition) is 0. The Morgan fingerprint density at radius 2 is 0.895 bits per heavy atom. The van der Waals surface area contributed by atoms with E-state index in [9.17, 15) is 0 Å². The second kappa shape index (κ2) is 5.40. The quantitative estimate of drug-likeness (QED) is 0.594. The molecule has 0 amide bonds. The van der Waals surface area contributed by atoms with Crippen molar-refractivity contribution < 1.29 is 0 Å². The fourth-order valence-electron chi connectivity index (χ4n) is 1.94. The summed E-state index contributed by atoms with van der Waals surface area (Å²) in [6.45, 7) is 0. The highest BCUT2D eigenvalue weighted by molar-refractivity contribution is 5.82. The van der Waals surface area contributed by atoms with Gasteiger partial charge in [-0.1, -0.05) is 66.7 Å². The van der Waals surface area contributed by atoms with Crippen LogP contribution >= 0.6 is 0 Å². The molecule has 0 fully saturated rings. The molecule has 0 spiro atoms. The fraction of sp³-hybridized carbons (Fsp3) is 0. The van der Waals surface area contributed by atoms with Crippen molar-refractivity contribution in [2.24, 2.45) is 0 Å². The highest BCUT2D eigenvalue weighted by Gasteiger charge is 2.05. The molecule has 1 heteroatoms. The number of hydrogen-bond acceptors (Lipinski definition) is 1. The Balaban J connectivity index is 0.000000117. The van der Waals surface area contributed by atoms with Crippen molar-refractivity contribution in [3.05, 3.63) is 91.3 Å². The summed E-state index contributed by atoms with van der Waals surface area (Å²) >= 11 is 0. The summed E-state index contributed by atoms with van der Waals surface area (Å²) in [6, 6.07) is 27.0. The van der Waals surface area contributed by atoms with Crippen LogP contribution in [0.3, 0.4) is 0 Å². The zero-order valence-corrected chi connectivity index (χ0v) is 10.6. The minimum atomic E-state index is 1.25. The average Bonchev–Trinajstić information content (AvgIpc) is 3.34. The van der Waals surface area contributed by atoms with Crippen molar-refractivity contribution in [3.63, 3.8) is 0 Å². The van der Waals surface area contributed by atoms with Crippen molar-refractivity contribution in [1.29, 1.82) is 0 Å². The van der Waals surface area contributed by atoms with Crippen LogP contribution in [0, 0.1) is 0 Å². The van der Waals surface area contributed by atoms with Crippen molar-refractivity contribution >= 4 is 16.5 Å². The lowest BCUT2D eigenvalue weighted by Crippen LogP contribution is -1.86. The molecular weight excluding hydrogens is 230 g/mol. The molecule has 1 aliphatic heterocycles. The van der Waals surface area contributed by atoms with Gasteiger partial charge in [0.15, 0.2) is 0 Å². The van der Waals surface area contributed by atoms with Gasteiger partial charge in [0.2, 0.25) is 0 Å². The summed E-state index contributed by atoms with van der Waals surface area (Å²) in [4.78, 5) is 2.08. The molecule has 0 unspecified atom stereocenters. The van der Waals surface area contributed by atoms with Crippen molar-refractivity contribution in [2.45, 2.75) is 0 Å². The molecule has 0 radical (unpaired) electrons. The molecule has 0 N–H and O–H groups in total. The Morgan fingerprint density at radius 3 is 1.32 bits per heavy atom. The summed E-state index contributed by atoms with van der Waals surface area (Å²) in [6.07, 6.45) is 4.07. The average molecular weight is 245 g/mol. The van der Waals surface area contributed by atoms with E-state index in [1.807, 2.05) is 30.6 Å². The second-order valence-electron chi connectivity index (χ2n) is 4.39. The van der Waals surface area contributed by atoms with Gasteiger partial charge in [-0.05, 0) is 22.9 Å². The summed E-state index contributed by atoms with van der Waals surface area (Å²) in [5.74, 6) is 0. The third kappa shape index (κ3) is 3.02. The number of benzene rings is 3. The summed E-state index contributed by atoms with van der Waals surface area (Å²) in [7, 11) is 0. The lowest BCUT2D eigenvalue weighted by molar-refractivity contribution is 1.47. The predicted octanol–water partition coefficient (Wildman–Crippen LogP) is 4.82. The Morgan fingerprint density at radius 1 is 0.474 bits per heavy atom. The van der Waals surface area contributed by atoms with Crippen LogP contribution in [0.15, 0.2) is 91.3 Å². The van der Waals surface area contributed by atoms with E-state index in [1.54, 1.807) is 0 Å². The number of fused-ring (bicyclic) bond motifs is 1. The second-order valence-corrected chi connectivity index (χ2v) is 4.39. The minimum Gasteiger partial charge on any atom is -0.321 e. The van der Waals surface area contributed by atoms with Gasteiger partial charge in [0.1, 0.15) is 0 Å². The number of anilines is 1. The molecule has 19 heavy (non-hydrogen) atoms. The van der Waals surface area contributed by atoms with Crippen LogP contribution in [0.4, 0.5) is 5.69 Å². The van der Waals surface area contributed by atoms with Gasteiger partial charge in [-0.25, -0.2) is 0 Å². The van der Waals surface area contributed by atoms with Gasteiger partial charge in [-0.3, -0.25) is 0 Å². The highest BCUT2D eigenvalue weighted by atomic mass is 15.2. The van der Waals surface area contributed by atoms with E-state index >= 15 is 0 Å². The van der Waals surface area contributed by atoms with Crippen molar-refractivity contribution in [1.82, 2.24) is 0 Å². The van der Waals surface area contributed by atoms with E-state index in [-0.39, 0.29) is 0 Å². The van der Waals surface area contributed by atoms with Crippen LogP contribution < -0.4 is 4.90 Å². The monoisotopic (exact) mass is 245 g/mol. The van der Waals surface area contributed by atoms with E-state index in [4.69, 9.17) is 0 Å². The fourth-order valence-corrected chi connectivity index (χ4v) is 1.94. The molecule has 1 nitrogen and oxygen atoms in total. The highest BCUT2D eigenvalue weighted by Crippen LogP contribution is 2.20. The van der Waals surface area contributed by atoms with Crippen LogP contribution in [0.2, 0.25) is 0 Å². The predicted molar refractivity (Wildman–Crippen MR) is 82.0 cm³/mol. The first-order chi connectivity index (χ1) is 9.43. The van der Waals surface area contributed by atoms with Gasteiger partial charge in [0, 0.05) is 18.1 Å². The molecule has 3 aromatic carbocycles. The molecular formula is C18H15N. The van der Waals surface area contributed by atoms with E-state index in [1.165, 1.54) is 16.5 Å². The Hall–Kier alpha value is -2.54. The third-order valence-corrected chi connectivity index (χ3v) is 3.01. The van der Waals surface area contributed by atoms with Crippen LogP contribution in [0.25, 0.3) is 10.8 Å². The smallest absolute Gasteiger partial charge is 0.0450 e.